The highest BCUT2D eigenvalue weighted by Gasteiger charge is 2.41. The monoisotopic (exact) mass is 502 g/mol. The number of nitrogens with two attached hydrogens (primary N) is 1. The van der Waals surface area contributed by atoms with Crippen LogP contribution in [-0.2, 0) is 14.9 Å². The number of carbonyl (C=O) groups is 1. The lowest BCUT2D eigenvalue weighted by atomic mass is 9.73. The quantitative estimate of drug-likeness (QED) is 0.396. The van der Waals surface area contributed by atoms with E-state index >= 15 is 0 Å². The Morgan fingerprint density at radius 2 is 1.83 bits per heavy atom. The number of carbonyl (C=O) groups excluding carboxylic acids is 1. The second-order valence-corrected chi connectivity index (χ2v) is 9.57. The van der Waals surface area contributed by atoms with E-state index in [1.54, 1.807) is 36.9 Å². The number of hydrogen-bond acceptors (Lipinski definition) is 8. The minimum absolute atomic E-state index is 0.0994. The minimum atomic E-state index is -0.710. The first kappa shape index (κ1) is 25.3. The molecule has 0 radical (unpaired) electrons. The molecule has 0 atom stereocenters. The van der Waals surface area contributed by atoms with Gasteiger partial charge in [-0.25, -0.2) is 15.0 Å². The number of nitrogens with one attached hydrogen (secondary N) is 2. The van der Waals surface area contributed by atoms with Crippen LogP contribution >= 0.6 is 11.3 Å². The number of amides is 1. The average Bonchev–Trinajstić information content (AvgIpc) is 3.35. The van der Waals surface area contributed by atoms with Gasteiger partial charge >= 0.3 is 0 Å². The first-order chi connectivity index (χ1) is 17.4. The molecule has 3 aromatic rings. The van der Waals surface area contributed by atoms with Gasteiger partial charge in [-0.15, -0.1) is 11.3 Å². The molecule has 1 amide bonds. The molecular formula is C27H30N6O2S. The first-order valence-corrected chi connectivity index (χ1v) is 12.5. The molecule has 2 aromatic heterocycles. The van der Waals surface area contributed by atoms with Gasteiger partial charge in [-0.2, -0.15) is 0 Å². The number of aryl methyl sites for hydroxylation is 1. The maximum absolute atomic E-state index is 13.6. The number of aromatic nitrogens is 3. The van der Waals surface area contributed by atoms with Gasteiger partial charge in [0.05, 0.1) is 16.1 Å². The summed E-state index contributed by atoms with van der Waals surface area (Å²) in [6.07, 6.45) is 9.78. The van der Waals surface area contributed by atoms with Crippen molar-refractivity contribution in [1.29, 1.82) is 0 Å². The molecule has 1 aliphatic rings. The maximum Gasteiger partial charge on any atom is 0.235 e. The van der Waals surface area contributed by atoms with Gasteiger partial charge < -0.3 is 21.1 Å². The van der Waals surface area contributed by atoms with Crippen LogP contribution in [0.2, 0.25) is 0 Å². The summed E-state index contributed by atoms with van der Waals surface area (Å²) in [6, 6.07) is 8.01. The number of rotatable bonds is 8. The molecule has 1 saturated heterocycles. The molecule has 186 valence electrons. The predicted molar refractivity (Wildman–Crippen MR) is 144 cm³/mol. The van der Waals surface area contributed by atoms with Gasteiger partial charge in [0, 0.05) is 61.1 Å². The Morgan fingerprint density at radius 3 is 2.42 bits per heavy atom. The molecule has 1 aromatic carbocycles. The van der Waals surface area contributed by atoms with Crippen molar-refractivity contribution in [3.05, 3.63) is 88.9 Å². The van der Waals surface area contributed by atoms with Crippen LogP contribution in [0.5, 0.6) is 0 Å². The van der Waals surface area contributed by atoms with E-state index in [1.807, 2.05) is 42.6 Å². The second-order valence-electron chi connectivity index (χ2n) is 8.50. The lowest BCUT2D eigenvalue weighted by Gasteiger charge is -2.36. The summed E-state index contributed by atoms with van der Waals surface area (Å²) in [5.41, 5.74) is 9.95. The summed E-state index contributed by atoms with van der Waals surface area (Å²) >= 11 is 1.55. The fraction of sp³-hybridized carbons (Fsp3) is 0.259. The van der Waals surface area contributed by atoms with Crippen LogP contribution in [0.15, 0.2) is 72.7 Å². The van der Waals surface area contributed by atoms with Crippen LogP contribution in [0.1, 0.15) is 29.1 Å². The van der Waals surface area contributed by atoms with Gasteiger partial charge in [-0.1, -0.05) is 30.8 Å². The van der Waals surface area contributed by atoms with Crippen LogP contribution in [0.25, 0.3) is 16.7 Å². The number of nitrogens with zero attached hydrogens (tertiary/aromatic N) is 3. The van der Waals surface area contributed by atoms with Gasteiger partial charge in [0.25, 0.3) is 0 Å². The topological polar surface area (TPSA) is 115 Å². The summed E-state index contributed by atoms with van der Waals surface area (Å²) in [6.45, 7) is 7.00. The molecule has 0 spiro atoms. The summed E-state index contributed by atoms with van der Waals surface area (Å²) in [5.74, 6) is 0.468. The summed E-state index contributed by atoms with van der Waals surface area (Å²) < 4.78 is 5.59. The third-order valence-corrected chi connectivity index (χ3v) is 7.03. The summed E-state index contributed by atoms with van der Waals surface area (Å²) in [7, 11) is 1.78. The molecular weight excluding hydrogens is 472 g/mol. The van der Waals surface area contributed by atoms with Crippen molar-refractivity contribution in [2.75, 3.05) is 25.6 Å². The highest BCUT2D eigenvalue weighted by molar-refractivity contribution is 7.09. The fourth-order valence-corrected chi connectivity index (χ4v) is 4.80. The van der Waals surface area contributed by atoms with Crippen LogP contribution in [0.4, 0.5) is 5.95 Å². The Kier molecular flexibility index (Phi) is 7.92. The zero-order chi connectivity index (χ0) is 25.5. The van der Waals surface area contributed by atoms with E-state index in [9.17, 15) is 4.79 Å². The maximum atomic E-state index is 13.6. The predicted octanol–water partition coefficient (Wildman–Crippen LogP) is 4.18. The van der Waals surface area contributed by atoms with Crippen molar-refractivity contribution in [2.45, 2.75) is 25.2 Å². The zero-order valence-corrected chi connectivity index (χ0v) is 21.3. The molecule has 1 aliphatic heterocycles. The van der Waals surface area contributed by atoms with Crippen molar-refractivity contribution in [3.8, 4) is 11.1 Å². The van der Waals surface area contributed by atoms with Gasteiger partial charge in [0.2, 0.25) is 11.9 Å². The average molecular weight is 503 g/mol. The smallest absolute Gasteiger partial charge is 0.235 e. The standard InChI is InChI=1S/C27H30N6O2S/c1-18(4-5-21(14-28)24-17-36-19(2)33-24)32-25(34)27(10-12-35-13-11-27)23-8-6-20(7-9-23)22-15-30-26(29-3)31-16-22/h4-9,14-17H,1,10-13,28H2,2-3H3,(H,32,34)(H,29,30,31)/b5-4-,21-14+. The van der Waals surface area contributed by atoms with Crippen LogP contribution in [0.3, 0.4) is 0 Å². The molecule has 4 N–H and O–H groups in total. The van der Waals surface area contributed by atoms with Gasteiger partial charge in [0.1, 0.15) is 0 Å². The first-order valence-electron chi connectivity index (χ1n) is 11.7. The molecule has 9 heteroatoms. The zero-order valence-electron chi connectivity index (χ0n) is 20.5. The van der Waals surface area contributed by atoms with Crippen molar-refractivity contribution in [3.63, 3.8) is 0 Å². The Hall–Kier alpha value is -3.82. The largest absolute Gasteiger partial charge is 0.404 e. The Bertz CT molecular complexity index is 1270. The molecule has 3 heterocycles. The molecule has 36 heavy (non-hydrogen) atoms. The van der Waals surface area contributed by atoms with Crippen molar-refractivity contribution < 1.29 is 9.53 Å². The van der Waals surface area contributed by atoms with E-state index in [0.29, 0.717) is 37.7 Å². The summed E-state index contributed by atoms with van der Waals surface area (Å²) in [4.78, 5) is 26.6. The van der Waals surface area contributed by atoms with E-state index in [0.717, 1.165) is 33.0 Å². The number of ether oxygens (including phenoxy) is 1. The third kappa shape index (κ3) is 5.53. The number of allylic oxidation sites excluding steroid dienone is 3. The van der Waals surface area contributed by atoms with E-state index in [2.05, 4.69) is 32.2 Å². The van der Waals surface area contributed by atoms with Crippen LogP contribution in [0, 0.1) is 6.92 Å². The van der Waals surface area contributed by atoms with E-state index in [-0.39, 0.29) is 5.91 Å². The third-order valence-electron chi connectivity index (χ3n) is 6.26. The Labute approximate surface area is 215 Å². The normalized spacial score (nSPS) is 15.6. The van der Waals surface area contributed by atoms with Crippen LogP contribution in [-0.4, -0.2) is 41.1 Å². The molecule has 0 bridgehead atoms. The molecule has 1 fully saturated rings. The number of hydrogen-bond donors (Lipinski definition) is 3. The van der Waals surface area contributed by atoms with Crippen molar-refractivity contribution >= 4 is 28.8 Å². The molecule has 8 nitrogen and oxygen atoms in total. The highest BCUT2D eigenvalue weighted by atomic mass is 32.1. The Morgan fingerprint density at radius 1 is 1.14 bits per heavy atom. The SMILES string of the molecule is C=C(/C=C\C(=C/N)c1csc(C)n1)NC(=O)C1(c2ccc(-c3cnc(NC)nc3)cc2)CCOCC1. The minimum Gasteiger partial charge on any atom is -0.404 e. The Balaban J connectivity index is 1.51. The second kappa shape index (κ2) is 11.3. The van der Waals surface area contributed by atoms with Crippen LogP contribution < -0.4 is 16.4 Å². The summed E-state index contributed by atoms with van der Waals surface area (Å²) in [5, 5.41) is 8.82. The molecule has 0 unspecified atom stereocenters. The van der Waals surface area contributed by atoms with Crippen molar-refractivity contribution in [1.82, 2.24) is 20.3 Å². The fourth-order valence-electron chi connectivity index (χ4n) is 4.17. The lowest BCUT2D eigenvalue weighted by molar-refractivity contribution is -0.129. The van der Waals surface area contributed by atoms with E-state index < -0.39 is 5.41 Å². The lowest BCUT2D eigenvalue weighted by Crippen LogP contribution is -2.47. The van der Waals surface area contributed by atoms with Crippen molar-refractivity contribution in [2.24, 2.45) is 5.73 Å². The molecule has 0 saturated carbocycles. The molecule has 4 rings (SSSR count). The molecule has 0 aliphatic carbocycles. The van der Waals surface area contributed by atoms with Gasteiger partial charge in [0.15, 0.2) is 0 Å². The number of thiazole rings is 1. The number of anilines is 1. The van der Waals surface area contributed by atoms with Gasteiger partial charge in [-0.3, -0.25) is 4.79 Å². The highest BCUT2D eigenvalue weighted by Crippen LogP contribution is 2.36. The van der Waals surface area contributed by atoms with E-state index in [4.69, 9.17) is 10.5 Å². The van der Waals surface area contributed by atoms with E-state index in [1.165, 1.54) is 6.20 Å². The van der Waals surface area contributed by atoms with Gasteiger partial charge in [-0.05, 0) is 43.0 Å². The number of benzene rings is 1.